The molecule has 1 atom stereocenters. The lowest BCUT2D eigenvalue weighted by Crippen LogP contribution is -2.50. The van der Waals surface area contributed by atoms with E-state index in [1.807, 2.05) is 0 Å². The number of hydrogen-bond donors (Lipinski definition) is 1. The summed E-state index contributed by atoms with van der Waals surface area (Å²) in [6, 6.07) is 8.88. The van der Waals surface area contributed by atoms with Gasteiger partial charge in [-0.25, -0.2) is 0 Å². The molecule has 1 aliphatic carbocycles. The van der Waals surface area contributed by atoms with Gasteiger partial charge in [-0.1, -0.05) is 22.0 Å². The second-order valence-corrected chi connectivity index (χ2v) is 6.43. The Morgan fingerprint density at radius 1 is 1.42 bits per heavy atom. The Labute approximate surface area is 123 Å². The van der Waals surface area contributed by atoms with Crippen molar-refractivity contribution in [2.24, 2.45) is 0 Å². The Morgan fingerprint density at radius 3 is 2.89 bits per heavy atom. The summed E-state index contributed by atoms with van der Waals surface area (Å²) in [6.07, 6.45) is 2.66. The summed E-state index contributed by atoms with van der Waals surface area (Å²) >= 11 is 3.51. The highest BCUT2D eigenvalue weighted by Gasteiger charge is 2.33. The molecule has 0 bridgehead atoms. The van der Waals surface area contributed by atoms with Crippen molar-refractivity contribution in [3.63, 3.8) is 0 Å². The van der Waals surface area contributed by atoms with Crippen LogP contribution in [-0.2, 0) is 12.8 Å². The molecule has 1 N–H and O–H groups in total. The highest BCUT2D eigenvalue weighted by molar-refractivity contribution is 9.10. The van der Waals surface area contributed by atoms with Crippen LogP contribution < -0.4 is 5.32 Å². The molecule has 0 aliphatic heterocycles. The van der Waals surface area contributed by atoms with E-state index in [0.717, 1.165) is 36.8 Å². The van der Waals surface area contributed by atoms with Crippen molar-refractivity contribution >= 4 is 15.9 Å². The molecule has 1 aromatic rings. The summed E-state index contributed by atoms with van der Waals surface area (Å²) in [5.74, 6) is 0. The number of nitrogens with one attached hydrogen (secondary N) is 1. The Kier molecular flexibility index (Phi) is 4.62. The predicted octanol–water partition coefficient (Wildman–Crippen LogP) is 2.35. The first kappa shape index (κ1) is 14.5. The third-order valence-electron chi connectivity index (χ3n) is 3.72. The van der Waals surface area contributed by atoms with Gasteiger partial charge in [0.25, 0.3) is 0 Å². The zero-order valence-electron chi connectivity index (χ0n) is 11.5. The number of nitrogens with zero attached hydrogens (tertiary/aromatic N) is 2. The minimum Gasteiger partial charge on any atom is -0.308 e. The molecule has 0 amide bonds. The molecule has 0 saturated heterocycles. The Balaban J connectivity index is 2.08. The zero-order chi connectivity index (χ0) is 13.9. The SMILES string of the molecule is CN(C)CCNC1(C#N)CCc2cc(Br)ccc2C1. The lowest BCUT2D eigenvalue weighted by atomic mass is 9.79. The number of likely N-dealkylation sites (N-methyl/N-ethyl adjacent to an activating group) is 1. The molecule has 19 heavy (non-hydrogen) atoms. The topological polar surface area (TPSA) is 39.1 Å². The van der Waals surface area contributed by atoms with E-state index in [2.05, 4.69) is 64.5 Å². The molecule has 1 aromatic carbocycles. The second-order valence-electron chi connectivity index (χ2n) is 5.51. The minimum absolute atomic E-state index is 0.392. The van der Waals surface area contributed by atoms with Gasteiger partial charge in [0.1, 0.15) is 5.54 Å². The molecule has 1 aliphatic rings. The van der Waals surface area contributed by atoms with Gasteiger partial charge in [-0.05, 0) is 50.2 Å². The molecule has 2 rings (SSSR count). The van der Waals surface area contributed by atoms with E-state index >= 15 is 0 Å². The van der Waals surface area contributed by atoms with Crippen molar-refractivity contribution in [2.45, 2.75) is 24.8 Å². The normalized spacial score (nSPS) is 22.1. The molecule has 3 nitrogen and oxygen atoms in total. The highest BCUT2D eigenvalue weighted by atomic mass is 79.9. The van der Waals surface area contributed by atoms with Gasteiger partial charge in [-0.15, -0.1) is 0 Å². The summed E-state index contributed by atoms with van der Waals surface area (Å²) in [6.45, 7) is 1.81. The first-order chi connectivity index (χ1) is 9.04. The number of benzene rings is 1. The van der Waals surface area contributed by atoms with Crippen LogP contribution in [0, 0.1) is 11.3 Å². The van der Waals surface area contributed by atoms with Crippen molar-refractivity contribution in [3.05, 3.63) is 33.8 Å². The molecule has 102 valence electrons. The van der Waals surface area contributed by atoms with Crippen LogP contribution in [0.4, 0.5) is 0 Å². The fourth-order valence-electron chi connectivity index (χ4n) is 2.57. The molecule has 0 radical (unpaired) electrons. The molecule has 0 fully saturated rings. The zero-order valence-corrected chi connectivity index (χ0v) is 13.1. The van der Waals surface area contributed by atoms with E-state index in [1.165, 1.54) is 11.1 Å². The largest absolute Gasteiger partial charge is 0.308 e. The van der Waals surface area contributed by atoms with Gasteiger partial charge in [0.2, 0.25) is 0 Å². The number of fused-ring (bicyclic) bond motifs is 1. The van der Waals surface area contributed by atoms with Crippen LogP contribution in [0.15, 0.2) is 22.7 Å². The smallest absolute Gasteiger partial charge is 0.111 e. The minimum atomic E-state index is -0.392. The van der Waals surface area contributed by atoms with Crippen molar-refractivity contribution in [1.82, 2.24) is 10.2 Å². The van der Waals surface area contributed by atoms with Crippen LogP contribution >= 0.6 is 15.9 Å². The second kappa shape index (κ2) is 6.04. The maximum atomic E-state index is 9.55. The molecule has 0 spiro atoms. The summed E-state index contributed by atoms with van der Waals surface area (Å²) in [5.41, 5.74) is 2.28. The predicted molar refractivity (Wildman–Crippen MR) is 81.1 cm³/mol. The Morgan fingerprint density at radius 2 is 2.21 bits per heavy atom. The number of halogens is 1. The van der Waals surface area contributed by atoms with E-state index in [4.69, 9.17) is 0 Å². The molecule has 0 saturated carbocycles. The molecular weight excluding hydrogens is 302 g/mol. The molecular formula is C15H20BrN3. The Hall–Kier alpha value is -0.890. The summed E-state index contributed by atoms with van der Waals surface area (Å²) in [7, 11) is 4.10. The van der Waals surface area contributed by atoms with Gasteiger partial charge < -0.3 is 4.90 Å². The van der Waals surface area contributed by atoms with Crippen LogP contribution in [0.25, 0.3) is 0 Å². The van der Waals surface area contributed by atoms with Gasteiger partial charge >= 0.3 is 0 Å². The fourth-order valence-corrected chi connectivity index (χ4v) is 2.97. The van der Waals surface area contributed by atoms with E-state index in [0.29, 0.717) is 0 Å². The Bertz CT molecular complexity index is 493. The monoisotopic (exact) mass is 321 g/mol. The van der Waals surface area contributed by atoms with Crippen molar-refractivity contribution in [3.8, 4) is 6.07 Å². The first-order valence-corrected chi connectivity index (χ1v) is 7.42. The van der Waals surface area contributed by atoms with E-state index in [9.17, 15) is 5.26 Å². The summed E-state index contributed by atoms with van der Waals surface area (Å²) < 4.78 is 1.12. The van der Waals surface area contributed by atoms with Crippen LogP contribution in [0.5, 0.6) is 0 Å². The van der Waals surface area contributed by atoms with E-state index < -0.39 is 5.54 Å². The van der Waals surface area contributed by atoms with Crippen molar-refractivity contribution < 1.29 is 0 Å². The third kappa shape index (κ3) is 3.56. The molecule has 4 heteroatoms. The van der Waals surface area contributed by atoms with Crippen molar-refractivity contribution in [1.29, 1.82) is 5.26 Å². The third-order valence-corrected chi connectivity index (χ3v) is 4.21. The van der Waals surface area contributed by atoms with Crippen LogP contribution in [0.2, 0.25) is 0 Å². The average Bonchev–Trinajstić information content (AvgIpc) is 2.38. The number of hydrogen-bond acceptors (Lipinski definition) is 3. The maximum Gasteiger partial charge on any atom is 0.111 e. The highest BCUT2D eigenvalue weighted by Crippen LogP contribution is 2.30. The van der Waals surface area contributed by atoms with Gasteiger partial charge in [0, 0.05) is 24.0 Å². The van der Waals surface area contributed by atoms with E-state index in [1.54, 1.807) is 0 Å². The lowest BCUT2D eigenvalue weighted by molar-refractivity contribution is 0.328. The van der Waals surface area contributed by atoms with Gasteiger partial charge in [-0.3, -0.25) is 5.32 Å². The first-order valence-electron chi connectivity index (χ1n) is 6.63. The number of aryl methyl sites for hydroxylation is 1. The van der Waals surface area contributed by atoms with Crippen molar-refractivity contribution in [2.75, 3.05) is 27.2 Å². The van der Waals surface area contributed by atoms with Gasteiger partial charge in [0.05, 0.1) is 6.07 Å². The fraction of sp³-hybridized carbons (Fsp3) is 0.533. The van der Waals surface area contributed by atoms with Crippen LogP contribution in [0.1, 0.15) is 17.5 Å². The number of nitriles is 1. The van der Waals surface area contributed by atoms with Gasteiger partial charge in [-0.2, -0.15) is 5.26 Å². The molecule has 0 aromatic heterocycles. The molecule has 0 heterocycles. The lowest BCUT2D eigenvalue weighted by Gasteiger charge is -2.33. The van der Waals surface area contributed by atoms with Crippen LogP contribution in [0.3, 0.4) is 0 Å². The molecule has 1 unspecified atom stereocenters. The van der Waals surface area contributed by atoms with E-state index in [-0.39, 0.29) is 0 Å². The quantitative estimate of drug-likeness (QED) is 0.925. The maximum absolute atomic E-state index is 9.55. The number of rotatable bonds is 4. The summed E-state index contributed by atoms with van der Waals surface area (Å²) in [4.78, 5) is 2.13. The average molecular weight is 322 g/mol. The summed E-state index contributed by atoms with van der Waals surface area (Å²) in [5, 5.41) is 13.0. The van der Waals surface area contributed by atoms with Gasteiger partial charge in [0.15, 0.2) is 0 Å². The van der Waals surface area contributed by atoms with Crippen LogP contribution in [-0.4, -0.2) is 37.6 Å². The standard InChI is InChI=1S/C15H20BrN3/c1-19(2)8-7-18-15(11-17)6-5-12-9-14(16)4-3-13(12)10-15/h3-4,9,18H,5-8,10H2,1-2H3.